The molecular formula is C21H21N7O. The highest BCUT2D eigenvalue weighted by Gasteiger charge is 2.12. The van der Waals surface area contributed by atoms with Crippen molar-refractivity contribution in [1.82, 2.24) is 25.5 Å². The summed E-state index contributed by atoms with van der Waals surface area (Å²) in [5, 5.41) is 17.0. The van der Waals surface area contributed by atoms with E-state index < -0.39 is 0 Å². The average Bonchev–Trinajstić information content (AvgIpc) is 3.10. The molecule has 0 aliphatic rings. The SMILES string of the molecule is Cc1cc(Nc2n[nH]c3cc(NC(=O)N[C@H](C)c4ccccc4)ncc23)ccn1. The van der Waals surface area contributed by atoms with Gasteiger partial charge in [0.2, 0.25) is 0 Å². The van der Waals surface area contributed by atoms with Crippen LogP contribution in [-0.4, -0.2) is 26.2 Å². The van der Waals surface area contributed by atoms with E-state index in [-0.39, 0.29) is 12.1 Å². The molecule has 0 saturated carbocycles. The number of aryl methyl sites for hydroxylation is 1. The van der Waals surface area contributed by atoms with E-state index in [9.17, 15) is 4.79 Å². The third-order valence-electron chi connectivity index (χ3n) is 4.50. The van der Waals surface area contributed by atoms with Crippen LogP contribution < -0.4 is 16.0 Å². The maximum Gasteiger partial charge on any atom is 0.320 e. The molecule has 0 radical (unpaired) electrons. The highest BCUT2D eigenvalue weighted by Crippen LogP contribution is 2.25. The molecule has 8 nitrogen and oxygen atoms in total. The second kappa shape index (κ2) is 7.97. The molecule has 4 N–H and O–H groups in total. The minimum Gasteiger partial charge on any atom is -0.338 e. The number of carbonyl (C=O) groups excluding carboxylic acids is 1. The van der Waals surface area contributed by atoms with Crippen LogP contribution in [0, 0.1) is 6.92 Å². The van der Waals surface area contributed by atoms with Gasteiger partial charge in [0.15, 0.2) is 5.82 Å². The summed E-state index contributed by atoms with van der Waals surface area (Å²) < 4.78 is 0. The number of aromatic nitrogens is 4. The van der Waals surface area contributed by atoms with Crippen molar-refractivity contribution in [3.8, 4) is 0 Å². The topological polar surface area (TPSA) is 108 Å². The van der Waals surface area contributed by atoms with Crippen molar-refractivity contribution < 1.29 is 4.79 Å². The smallest absolute Gasteiger partial charge is 0.320 e. The number of hydrogen-bond donors (Lipinski definition) is 4. The lowest BCUT2D eigenvalue weighted by Gasteiger charge is -2.14. The van der Waals surface area contributed by atoms with Crippen LogP contribution in [0.3, 0.4) is 0 Å². The van der Waals surface area contributed by atoms with Crippen molar-refractivity contribution in [2.24, 2.45) is 0 Å². The molecule has 0 fully saturated rings. The van der Waals surface area contributed by atoms with E-state index in [4.69, 9.17) is 0 Å². The number of pyridine rings is 2. The van der Waals surface area contributed by atoms with Gasteiger partial charge in [-0.1, -0.05) is 30.3 Å². The standard InChI is InChI=1S/C21H21N7O/c1-13-10-16(8-9-22-13)25-20-17-12-23-19(11-18(17)27-28-20)26-21(29)24-14(2)15-6-4-3-5-7-15/h3-12,14H,1-2H3,(H2,22,25,27,28)(H2,23,24,26,29)/t14-/m1/s1. The fraction of sp³-hybridized carbons (Fsp3) is 0.143. The van der Waals surface area contributed by atoms with E-state index in [1.54, 1.807) is 18.5 Å². The zero-order valence-corrected chi connectivity index (χ0v) is 16.1. The lowest BCUT2D eigenvalue weighted by molar-refractivity contribution is 0.249. The van der Waals surface area contributed by atoms with Gasteiger partial charge in [-0.05, 0) is 31.5 Å². The van der Waals surface area contributed by atoms with E-state index in [0.717, 1.165) is 27.8 Å². The molecule has 8 heteroatoms. The Morgan fingerprint density at radius 3 is 2.72 bits per heavy atom. The number of benzene rings is 1. The number of nitrogens with zero attached hydrogens (tertiary/aromatic N) is 3. The molecule has 3 heterocycles. The van der Waals surface area contributed by atoms with Crippen molar-refractivity contribution in [2.45, 2.75) is 19.9 Å². The fourth-order valence-corrected chi connectivity index (χ4v) is 3.01. The monoisotopic (exact) mass is 387 g/mol. The van der Waals surface area contributed by atoms with Gasteiger partial charge in [-0.3, -0.25) is 15.4 Å². The summed E-state index contributed by atoms with van der Waals surface area (Å²) in [7, 11) is 0. The summed E-state index contributed by atoms with van der Waals surface area (Å²) in [4.78, 5) is 20.8. The summed E-state index contributed by atoms with van der Waals surface area (Å²) in [6.07, 6.45) is 3.41. The Morgan fingerprint density at radius 1 is 1.10 bits per heavy atom. The first-order chi connectivity index (χ1) is 14.1. The first-order valence-electron chi connectivity index (χ1n) is 9.25. The van der Waals surface area contributed by atoms with Crippen molar-refractivity contribution in [1.29, 1.82) is 0 Å². The van der Waals surface area contributed by atoms with E-state index in [0.29, 0.717) is 11.6 Å². The lowest BCUT2D eigenvalue weighted by atomic mass is 10.1. The number of hydrogen-bond acceptors (Lipinski definition) is 5. The number of urea groups is 1. The molecule has 0 spiro atoms. The van der Waals surface area contributed by atoms with Crippen LogP contribution >= 0.6 is 0 Å². The Balaban J connectivity index is 1.45. The van der Waals surface area contributed by atoms with Gasteiger partial charge >= 0.3 is 6.03 Å². The molecule has 0 saturated heterocycles. The molecule has 1 atom stereocenters. The largest absolute Gasteiger partial charge is 0.338 e. The number of aromatic amines is 1. The molecule has 0 aliphatic heterocycles. The normalized spacial score (nSPS) is 11.8. The first kappa shape index (κ1) is 18.4. The van der Waals surface area contributed by atoms with Crippen LogP contribution in [0.1, 0.15) is 24.2 Å². The van der Waals surface area contributed by atoms with Gasteiger partial charge in [-0.15, -0.1) is 0 Å². The number of anilines is 3. The van der Waals surface area contributed by atoms with Gasteiger partial charge in [-0.25, -0.2) is 9.78 Å². The molecule has 4 rings (SSSR count). The molecule has 3 aromatic heterocycles. The highest BCUT2D eigenvalue weighted by atomic mass is 16.2. The van der Waals surface area contributed by atoms with E-state index in [1.807, 2.05) is 56.3 Å². The molecule has 146 valence electrons. The quantitative estimate of drug-likeness (QED) is 0.409. The summed E-state index contributed by atoms with van der Waals surface area (Å²) in [6.45, 7) is 3.86. The summed E-state index contributed by atoms with van der Waals surface area (Å²) in [6, 6.07) is 14.9. The van der Waals surface area contributed by atoms with Gasteiger partial charge < -0.3 is 10.6 Å². The van der Waals surface area contributed by atoms with Gasteiger partial charge in [-0.2, -0.15) is 5.10 Å². The van der Waals surface area contributed by atoms with Crippen LogP contribution in [0.25, 0.3) is 10.9 Å². The first-order valence-corrected chi connectivity index (χ1v) is 9.25. The second-order valence-corrected chi connectivity index (χ2v) is 6.73. The molecule has 0 unspecified atom stereocenters. The number of amides is 2. The van der Waals surface area contributed by atoms with E-state index in [2.05, 4.69) is 36.1 Å². The zero-order chi connectivity index (χ0) is 20.2. The maximum absolute atomic E-state index is 12.3. The van der Waals surface area contributed by atoms with Gasteiger partial charge in [0.1, 0.15) is 5.82 Å². The number of H-pyrrole nitrogens is 1. The van der Waals surface area contributed by atoms with E-state index in [1.165, 1.54) is 0 Å². The average molecular weight is 387 g/mol. The van der Waals surface area contributed by atoms with Crippen molar-refractivity contribution in [2.75, 3.05) is 10.6 Å². The zero-order valence-electron chi connectivity index (χ0n) is 16.1. The van der Waals surface area contributed by atoms with Crippen molar-refractivity contribution in [3.05, 3.63) is 72.2 Å². The molecule has 0 bridgehead atoms. The Bertz CT molecular complexity index is 1140. The van der Waals surface area contributed by atoms with Crippen LogP contribution in [0.5, 0.6) is 0 Å². The number of nitrogens with one attached hydrogen (secondary N) is 4. The minimum absolute atomic E-state index is 0.119. The summed E-state index contributed by atoms with van der Waals surface area (Å²) in [5.41, 5.74) is 3.60. The second-order valence-electron chi connectivity index (χ2n) is 6.73. The third-order valence-corrected chi connectivity index (χ3v) is 4.50. The Labute approximate surface area is 167 Å². The fourth-order valence-electron chi connectivity index (χ4n) is 3.01. The van der Waals surface area contributed by atoms with Crippen LogP contribution in [0.15, 0.2) is 60.9 Å². The van der Waals surface area contributed by atoms with E-state index >= 15 is 0 Å². The predicted octanol–water partition coefficient (Wildman–Crippen LogP) is 4.29. The van der Waals surface area contributed by atoms with Crippen molar-refractivity contribution >= 4 is 34.3 Å². The molecular weight excluding hydrogens is 366 g/mol. The van der Waals surface area contributed by atoms with Crippen LogP contribution in [0.2, 0.25) is 0 Å². The molecule has 0 aliphatic carbocycles. The Morgan fingerprint density at radius 2 is 1.93 bits per heavy atom. The Kier molecular flexibility index (Phi) is 5.07. The number of rotatable bonds is 5. The maximum atomic E-state index is 12.3. The predicted molar refractivity (Wildman–Crippen MR) is 113 cm³/mol. The lowest BCUT2D eigenvalue weighted by Crippen LogP contribution is -2.31. The summed E-state index contributed by atoms with van der Waals surface area (Å²) in [5.74, 6) is 1.09. The molecule has 29 heavy (non-hydrogen) atoms. The molecule has 4 aromatic rings. The molecule has 1 aromatic carbocycles. The van der Waals surface area contributed by atoms with Crippen LogP contribution in [-0.2, 0) is 0 Å². The Hall–Kier alpha value is -3.94. The van der Waals surface area contributed by atoms with Crippen molar-refractivity contribution in [3.63, 3.8) is 0 Å². The number of fused-ring (bicyclic) bond motifs is 1. The minimum atomic E-state index is -0.321. The van der Waals surface area contributed by atoms with Gasteiger partial charge in [0.25, 0.3) is 0 Å². The van der Waals surface area contributed by atoms with Crippen LogP contribution in [0.4, 0.5) is 22.1 Å². The van der Waals surface area contributed by atoms with Gasteiger partial charge in [0, 0.05) is 29.8 Å². The highest BCUT2D eigenvalue weighted by molar-refractivity contribution is 5.95. The molecule has 2 amide bonds. The van der Waals surface area contributed by atoms with Gasteiger partial charge in [0.05, 0.1) is 16.9 Å². The third kappa shape index (κ3) is 4.32. The summed E-state index contributed by atoms with van der Waals surface area (Å²) >= 11 is 0. The number of carbonyl (C=O) groups is 1.